The van der Waals surface area contributed by atoms with Crippen LogP contribution in [0, 0.1) is 0 Å². The van der Waals surface area contributed by atoms with Crippen LogP contribution in [0.15, 0.2) is 22.9 Å². The molecule has 0 spiro atoms. The molecule has 0 fully saturated rings. The predicted octanol–water partition coefficient (Wildman–Crippen LogP) is 1.78. The summed E-state index contributed by atoms with van der Waals surface area (Å²) in [5.41, 5.74) is 0.679. The highest BCUT2D eigenvalue weighted by Crippen LogP contribution is 2.18. The summed E-state index contributed by atoms with van der Waals surface area (Å²) in [5.74, 6) is -1.30. The fourth-order valence-electron chi connectivity index (χ4n) is 2.11. The van der Waals surface area contributed by atoms with Crippen LogP contribution in [0.4, 0.5) is 0 Å². The van der Waals surface area contributed by atoms with E-state index < -0.39 is 12.0 Å². The highest BCUT2D eigenvalue weighted by Gasteiger charge is 2.22. The lowest BCUT2D eigenvalue weighted by atomic mass is 10.3. The zero-order valence-electron chi connectivity index (χ0n) is 13.1. The quantitative estimate of drug-likeness (QED) is 0.820. The smallest absolute Gasteiger partial charge is 0.356 e. The van der Waals surface area contributed by atoms with Crippen molar-refractivity contribution < 1.29 is 14.7 Å². The van der Waals surface area contributed by atoms with Crippen molar-refractivity contribution in [2.75, 3.05) is 7.05 Å². The summed E-state index contributed by atoms with van der Waals surface area (Å²) in [5, 5.41) is 17.2. The third-order valence-electron chi connectivity index (χ3n) is 3.46. The van der Waals surface area contributed by atoms with Gasteiger partial charge < -0.3 is 10.0 Å². The molecule has 2 aromatic rings. The summed E-state index contributed by atoms with van der Waals surface area (Å²) in [6, 6.07) is 0.770. The van der Waals surface area contributed by atoms with Gasteiger partial charge in [-0.3, -0.25) is 14.2 Å². The molecule has 8 nitrogen and oxygen atoms in total. The molecule has 2 rings (SSSR count). The average molecular weight is 384 g/mol. The standard InChI is InChI=1S/C14H18BrN5O3/c1-4-19-7-10(15)12(16-19)8-18(3)13(21)9(2)20-6-5-11(17-20)14(22)23/h5-7,9H,4,8H2,1-3H3,(H,22,23). The number of aryl methyl sites for hydroxylation is 1. The third-order valence-corrected chi connectivity index (χ3v) is 4.12. The minimum atomic E-state index is -1.12. The Hall–Kier alpha value is -2.16. The molecule has 0 aliphatic heterocycles. The lowest BCUT2D eigenvalue weighted by molar-refractivity contribution is -0.133. The maximum atomic E-state index is 12.5. The van der Waals surface area contributed by atoms with Crippen molar-refractivity contribution in [3.8, 4) is 0 Å². The van der Waals surface area contributed by atoms with Gasteiger partial charge in [0.1, 0.15) is 6.04 Å². The number of carbonyl (C=O) groups is 2. The highest BCUT2D eigenvalue weighted by atomic mass is 79.9. The molecule has 124 valence electrons. The fourth-order valence-corrected chi connectivity index (χ4v) is 2.55. The Morgan fingerprint density at radius 3 is 2.65 bits per heavy atom. The van der Waals surface area contributed by atoms with Crippen LogP contribution in [-0.4, -0.2) is 48.5 Å². The number of likely N-dealkylation sites (N-methyl/N-ethyl adjacent to an activating group) is 1. The Balaban J connectivity index is 2.08. The van der Waals surface area contributed by atoms with Crippen molar-refractivity contribution in [3.63, 3.8) is 0 Å². The van der Waals surface area contributed by atoms with Gasteiger partial charge in [-0.1, -0.05) is 0 Å². The first-order valence-corrected chi connectivity index (χ1v) is 7.88. The van der Waals surface area contributed by atoms with E-state index in [1.807, 2.05) is 13.1 Å². The molecule has 0 aliphatic rings. The summed E-state index contributed by atoms with van der Waals surface area (Å²) in [4.78, 5) is 24.9. The van der Waals surface area contributed by atoms with Crippen LogP contribution in [0.3, 0.4) is 0 Å². The van der Waals surface area contributed by atoms with Crippen LogP contribution < -0.4 is 0 Å². The zero-order chi connectivity index (χ0) is 17.1. The van der Waals surface area contributed by atoms with Crippen LogP contribution in [0.1, 0.15) is 36.1 Å². The van der Waals surface area contributed by atoms with Gasteiger partial charge in [0.2, 0.25) is 5.91 Å². The Kier molecular flexibility index (Phi) is 5.19. The Labute approximate surface area is 141 Å². The summed E-state index contributed by atoms with van der Waals surface area (Å²) in [6.07, 6.45) is 3.35. The van der Waals surface area contributed by atoms with Crippen molar-refractivity contribution in [1.29, 1.82) is 0 Å². The molecule has 1 atom stereocenters. The number of amides is 1. The van der Waals surface area contributed by atoms with Gasteiger partial charge in [-0.15, -0.1) is 0 Å². The molecular weight excluding hydrogens is 366 g/mol. The number of halogens is 1. The molecule has 0 aromatic carbocycles. The summed E-state index contributed by atoms with van der Waals surface area (Å²) in [7, 11) is 1.68. The molecule has 0 saturated heterocycles. The van der Waals surface area contributed by atoms with Crippen molar-refractivity contribution >= 4 is 27.8 Å². The van der Waals surface area contributed by atoms with Gasteiger partial charge in [-0.05, 0) is 35.8 Å². The number of aromatic nitrogens is 4. The van der Waals surface area contributed by atoms with Crippen LogP contribution in [0.5, 0.6) is 0 Å². The first kappa shape index (κ1) is 17.2. The maximum Gasteiger partial charge on any atom is 0.356 e. The van der Waals surface area contributed by atoms with Crippen molar-refractivity contribution in [2.45, 2.75) is 33.0 Å². The second kappa shape index (κ2) is 6.95. The lowest BCUT2D eigenvalue weighted by Gasteiger charge is -2.21. The molecule has 1 amide bonds. The van der Waals surface area contributed by atoms with Gasteiger partial charge in [0.15, 0.2) is 5.69 Å². The highest BCUT2D eigenvalue weighted by molar-refractivity contribution is 9.10. The number of aromatic carboxylic acids is 1. The Bertz CT molecular complexity index is 724. The SMILES string of the molecule is CCn1cc(Br)c(CN(C)C(=O)C(C)n2ccc(C(=O)O)n2)n1. The Morgan fingerprint density at radius 2 is 2.13 bits per heavy atom. The molecule has 2 heterocycles. The number of hydrogen-bond acceptors (Lipinski definition) is 4. The van der Waals surface area contributed by atoms with E-state index in [1.54, 1.807) is 23.6 Å². The van der Waals surface area contributed by atoms with Crippen LogP contribution in [0.25, 0.3) is 0 Å². The van der Waals surface area contributed by atoms with Crippen LogP contribution in [-0.2, 0) is 17.9 Å². The maximum absolute atomic E-state index is 12.5. The second-order valence-corrected chi connectivity index (χ2v) is 5.99. The lowest BCUT2D eigenvalue weighted by Crippen LogP contribution is -2.33. The van der Waals surface area contributed by atoms with E-state index in [0.717, 1.165) is 16.7 Å². The summed E-state index contributed by atoms with van der Waals surface area (Å²) in [6.45, 7) is 4.76. The first-order valence-electron chi connectivity index (χ1n) is 7.08. The second-order valence-electron chi connectivity index (χ2n) is 5.14. The van der Waals surface area contributed by atoms with E-state index in [2.05, 4.69) is 26.1 Å². The molecule has 2 aromatic heterocycles. The van der Waals surface area contributed by atoms with Gasteiger partial charge in [-0.25, -0.2) is 4.79 Å². The van der Waals surface area contributed by atoms with Gasteiger partial charge in [-0.2, -0.15) is 10.2 Å². The number of hydrogen-bond donors (Lipinski definition) is 1. The molecule has 0 aliphatic carbocycles. The molecular formula is C14H18BrN5O3. The van der Waals surface area contributed by atoms with E-state index >= 15 is 0 Å². The number of carbonyl (C=O) groups excluding carboxylic acids is 1. The van der Waals surface area contributed by atoms with Crippen LogP contribution in [0.2, 0.25) is 0 Å². The first-order chi connectivity index (χ1) is 10.8. The largest absolute Gasteiger partial charge is 0.476 e. The fraction of sp³-hybridized carbons (Fsp3) is 0.429. The minimum Gasteiger partial charge on any atom is -0.476 e. The molecule has 0 bridgehead atoms. The van der Waals surface area contributed by atoms with Crippen molar-refractivity contribution in [2.24, 2.45) is 0 Å². The zero-order valence-corrected chi connectivity index (χ0v) is 14.7. The third kappa shape index (κ3) is 3.79. The summed E-state index contributed by atoms with van der Waals surface area (Å²) >= 11 is 3.43. The minimum absolute atomic E-state index is 0.0864. The monoisotopic (exact) mass is 383 g/mol. The Morgan fingerprint density at radius 1 is 1.43 bits per heavy atom. The number of carboxylic acid groups (broad SMARTS) is 1. The van der Waals surface area contributed by atoms with Gasteiger partial charge in [0, 0.05) is 26.0 Å². The van der Waals surface area contributed by atoms with Crippen LogP contribution >= 0.6 is 15.9 Å². The average Bonchev–Trinajstić information content (AvgIpc) is 3.13. The van der Waals surface area contributed by atoms with E-state index in [0.29, 0.717) is 6.54 Å². The molecule has 0 radical (unpaired) electrons. The number of nitrogens with zero attached hydrogens (tertiary/aromatic N) is 5. The molecule has 1 N–H and O–H groups in total. The van der Waals surface area contributed by atoms with E-state index in [1.165, 1.54) is 16.9 Å². The van der Waals surface area contributed by atoms with Gasteiger partial charge in [0.05, 0.1) is 16.7 Å². The normalized spacial score (nSPS) is 12.2. The van der Waals surface area contributed by atoms with Crippen molar-refractivity contribution in [3.05, 3.63) is 34.3 Å². The van der Waals surface area contributed by atoms with E-state index in [-0.39, 0.29) is 11.6 Å². The molecule has 23 heavy (non-hydrogen) atoms. The molecule has 0 saturated carbocycles. The number of carboxylic acids is 1. The predicted molar refractivity (Wildman–Crippen MR) is 86.0 cm³/mol. The molecule has 9 heteroatoms. The van der Waals surface area contributed by atoms with Gasteiger partial charge >= 0.3 is 5.97 Å². The van der Waals surface area contributed by atoms with E-state index in [9.17, 15) is 9.59 Å². The van der Waals surface area contributed by atoms with Crippen molar-refractivity contribution in [1.82, 2.24) is 24.5 Å². The summed E-state index contributed by atoms with van der Waals surface area (Å²) < 4.78 is 3.98. The molecule has 1 unspecified atom stereocenters. The van der Waals surface area contributed by atoms with Gasteiger partial charge in [0.25, 0.3) is 0 Å². The van der Waals surface area contributed by atoms with E-state index in [4.69, 9.17) is 5.11 Å². The topological polar surface area (TPSA) is 93.2 Å². The number of rotatable bonds is 6.